The van der Waals surface area contributed by atoms with E-state index in [2.05, 4.69) is 10.6 Å². The van der Waals surface area contributed by atoms with Crippen LogP contribution in [0.25, 0.3) is 0 Å². The Bertz CT molecular complexity index is 1850. The van der Waals surface area contributed by atoms with E-state index in [0.29, 0.717) is 57.7 Å². The van der Waals surface area contributed by atoms with Crippen molar-refractivity contribution in [2.45, 2.75) is 76.0 Å². The molecule has 2 aliphatic carbocycles. The van der Waals surface area contributed by atoms with Crippen LogP contribution < -0.4 is 10.6 Å². The lowest BCUT2D eigenvalue weighted by Crippen LogP contribution is -2.20. The number of halogens is 2. The van der Waals surface area contributed by atoms with E-state index < -0.39 is 5.97 Å². The van der Waals surface area contributed by atoms with E-state index in [-0.39, 0.29) is 17.8 Å². The van der Waals surface area contributed by atoms with E-state index in [1.54, 1.807) is 36.4 Å². The Hall–Kier alpha value is -4.66. The molecule has 0 radical (unpaired) electrons. The van der Waals surface area contributed by atoms with Crippen molar-refractivity contribution in [3.05, 3.63) is 129 Å². The van der Waals surface area contributed by atoms with Gasteiger partial charge in [0.05, 0.1) is 18.2 Å². The van der Waals surface area contributed by atoms with E-state index in [0.717, 1.165) is 62.7 Å². The summed E-state index contributed by atoms with van der Waals surface area (Å²) in [7, 11) is 1.39. The molecule has 53 heavy (non-hydrogen) atoms. The SMILES string of the molecule is COC(=O)c1ccc(C2CCC(CC(=O)Nc3cccc(Cl)c3)CC2)cc1.O=C(CC1CCC(c2ccc(C(=O)O)cc2)CC1)Nc1cccc(Cl)c1. The number of carboxylic acids is 1. The minimum absolute atomic E-state index is 0.0292. The molecular weight excluding hydrogens is 711 g/mol. The maximum Gasteiger partial charge on any atom is 0.337 e. The van der Waals surface area contributed by atoms with Crippen LogP contribution in [0.3, 0.4) is 0 Å². The second-order valence-corrected chi connectivity index (χ2v) is 14.9. The highest BCUT2D eigenvalue weighted by atomic mass is 35.5. The zero-order valence-electron chi connectivity index (χ0n) is 29.9. The average Bonchev–Trinajstić information content (AvgIpc) is 3.15. The molecule has 0 spiro atoms. The summed E-state index contributed by atoms with van der Waals surface area (Å²) in [5.74, 6) is 0.610. The quantitative estimate of drug-likeness (QED) is 0.138. The highest BCUT2D eigenvalue weighted by molar-refractivity contribution is 6.31. The van der Waals surface area contributed by atoms with Gasteiger partial charge in [-0.25, -0.2) is 9.59 Å². The van der Waals surface area contributed by atoms with Crippen LogP contribution in [0.15, 0.2) is 97.1 Å². The molecule has 0 bridgehead atoms. The van der Waals surface area contributed by atoms with Gasteiger partial charge in [0.15, 0.2) is 0 Å². The molecule has 2 amide bonds. The molecule has 8 nitrogen and oxygen atoms in total. The summed E-state index contributed by atoms with van der Waals surface area (Å²) < 4.78 is 4.74. The first-order valence-corrected chi connectivity index (χ1v) is 18.9. The maximum atomic E-state index is 12.3. The van der Waals surface area contributed by atoms with Gasteiger partial charge in [0.2, 0.25) is 11.8 Å². The van der Waals surface area contributed by atoms with Gasteiger partial charge in [-0.3, -0.25) is 9.59 Å². The third-order valence-electron chi connectivity index (χ3n) is 10.3. The molecule has 278 valence electrons. The second kappa shape index (κ2) is 19.4. The van der Waals surface area contributed by atoms with Crippen LogP contribution in [-0.4, -0.2) is 36.0 Å². The summed E-state index contributed by atoms with van der Waals surface area (Å²) in [6.45, 7) is 0. The second-order valence-electron chi connectivity index (χ2n) is 14.0. The van der Waals surface area contributed by atoms with Crippen molar-refractivity contribution in [2.24, 2.45) is 11.8 Å². The largest absolute Gasteiger partial charge is 0.478 e. The van der Waals surface area contributed by atoms with E-state index in [1.165, 1.54) is 18.2 Å². The maximum absolute atomic E-state index is 12.3. The van der Waals surface area contributed by atoms with Gasteiger partial charge in [-0.05, 0) is 147 Å². The Kier molecular flexibility index (Phi) is 14.5. The minimum Gasteiger partial charge on any atom is -0.478 e. The number of anilines is 2. The van der Waals surface area contributed by atoms with Crippen molar-refractivity contribution in [3.63, 3.8) is 0 Å². The molecule has 0 unspecified atom stereocenters. The van der Waals surface area contributed by atoms with Crippen molar-refractivity contribution >= 4 is 58.3 Å². The summed E-state index contributed by atoms with van der Waals surface area (Å²) in [6, 6.07) is 29.3. The van der Waals surface area contributed by atoms with Crippen molar-refractivity contribution in [3.8, 4) is 0 Å². The number of aromatic carboxylic acids is 1. The highest BCUT2D eigenvalue weighted by Gasteiger charge is 2.26. The fourth-order valence-corrected chi connectivity index (χ4v) is 7.77. The van der Waals surface area contributed by atoms with Gasteiger partial charge in [0.25, 0.3) is 0 Å². The predicted molar refractivity (Wildman–Crippen MR) is 210 cm³/mol. The van der Waals surface area contributed by atoms with Gasteiger partial charge in [0.1, 0.15) is 0 Å². The van der Waals surface area contributed by atoms with Gasteiger partial charge < -0.3 is 20.5 Å². The normalized spacial score (nSPS) is 19.5. The van der Waals surface area contributed by atoms with Crippen molar-refractivity contribution in [2.75, 3.05) is 17.7 Å². The molecule has 0 saturated heterocycles. The van der Waals surface area contributed by atoms with Crippen LogP contribution in [0.1, 0.15) is 108 Å². The van der Waals surface area contributed by atoms with Gasteiger partial charge in [-0.1, -0.05) is 59.6 Å². The molecule has 0 aromatic heterocycles. The fourth-order valence-electron chi connectivity index (χ4n) is 7.39. The number of benzene rings is 4. The zero-order chi connectivity index (χ0) is 37.7. The number of carboxylic acid groups (broad SMARTS) is 1. The van der Waals surface area contributed by atoms with E-state index in [4.69, 9.17) is 33.0 Å². The van der Waals surface area contributed by atoms with Crippen LogP contribution in [-0.2, 0) is 14.3 Å². The molecule has 4 aromatic rings. The van der Waals surface area contributed by atoms with Crippen LogP contribution in [0.4, 0.5) is 11.4 Å². The van der Waals surface area contributed by atoms with E-state index >= 15 is 0 Å². The zero-order valence-corrected chi connectivity index (χ0v) is 31.4. The lowest BCUT2D eigenvalue weighted by Gasteiger charge is -2.28. The number of methoxy groups -OCH3 is 1. The van der Waals surface area contributed by atoms with Crippen molar-refractivity contribution < 1.29 is 29.0 Å². The van der Waals surface area contributed by atoms with Gasteiger partial charge in [-0.15, -0.1) is 0 Å². The molecule has 3 N–H and O–H groups in total. The number of hydrogen-bond donors (Lipinski definition) is 3. The Morgan fingerprint density at radius 2 is 1.00 bits per heavy atom. The number of esters is 1. The third-order valence-corrected chi connectivity index (χ3v) is 10.8. The van der Waals surface area contributed by atoms with Crippen LogP contribution >= 0.6 is 23.2 Å². The molecule has 6 rings (SSSR count). The highest BCUT2D eigenvalue weighted by Crippen LogP contribution is 2.38. The molecule has 2 aliphatic rings. The first-order chi connectivity index (χ1) is 25.6. The summed E-state index contributed by atoms with van der Waals surface area (Å²) in [6.07, 6.45) is 9.33. The molecular formula is C43H46Cl2N2O6. The number of nitrogens with one attached hydrogen (secondary N) is 2. The molecule has 2 fully saturated rings. The van der Waals surface area contributed by atoms with Crippen molar-refractivity contribution in [1.82, 2.24) is 0 Å². The first kappa shape index (κ1) is 39.5. The number of hydrogen-bond acceptors (Lipinski definition) is 5. The summed E-state index contributed by atoms with van der Waals surface area (Å²) in [5, 5.41) is 16.0. The van der Waals surface area contributed by atoms with Gasteiger partial charge in [0, 0.05) is 34.3 Å². The Morgan fingerprint density at radius 3 is 1.36 bits per heavy atom. The van der Waals surface area contributed by atoms with Crippen LogP contribution in [0, 0.1) is 11.8 Å². The van der Waals surface area contributed by atoms with Crippen LogP contribution in [0.5, 0.6) is 0 Å². The summed E-state index contributed by atoms with van der Waals surface area (Å²) >= 11 is 11.9. The van der Waals surface area contributed by atoms with E-state index in [1.807, 2.05) is 60.7 Å². The first-order valence-electron chi connectivity index (χ1n) is 18.2. The predicted octanol–water partition coefficient (Wildman–Crippen LogP) is 10.8. The van der Waals surface area contributed by atoms with Gasteiger partial charge in [-0.2, -0.15) is 0 Å². The molecule has 4 aromatic carbocycles. The smallest absolute Gasteiger partial charge is 0.337 e. The topological polar surface area (TPSA) is 122 Å². The molecule has 0 heterocycles. The molecule has 0 atom stereocenters. The standard InChI is InChI=1S/C22H24ClNO3.C21H22ClNO3/c1-27-22(26)18-11-9-17(10-12-18)16-7-5-15(6-8-16)13-21(25)24-20-4-2-3-19(23)14-20;22-18-2-1-3-19(13-18)23-20(24)12-14-4-6-15(7-5-14)16-8-10-17(11-9-16)21(25)26/h2-4,9-12,14-16H,5-8,13H2,1H3,(H,24,25);1-3,8-11,13-15H,4-7,12H2,(H,23,24)(H,25,26). The minimum atomic E-state index is -0.897. The lowest BCUT2D eigenvalue weighted by atomic mass is 9.77. The fraction of sp³-hybridized carbons (Fsp3) is 0.349. The van der Waals surface area contributed by atoms with Crippen molar-refractivity contribution in [1.29, 1.82) is 0 Å². The van der Waals surface area contributed by atoms with Crippen LogP contribution in [0.2, 0.25) is 10.0 Å². The van der Waals surface area contributed by atoms with E-state index in [9.17, 15) is 19.2 Å². The number of ether oxygens (including phenoxy) is 1. The summed E-state index contributed by atoms with van der Waals surface area (Å²) in [5.41, 5.74) is 4.82. The Morgan fingerprint density at radius 1 is 0.604 bits per heavy atom. The lowest BCUT2D eigenvalue weighted by molar-refractivity contribution is -0.118. The molecule has 10 heteroatoms. The van der Waals surface area contributed by atoms with Gasteiger partial charge >= 0.3 is 11.9 Å². The monoisotopic (exact) mass is 756 g/mol. The number of rotatable bonds is 10. The average molecular weight is 758 g/mol. The molecule has 2 saturated carbocycles. The number of amides is 2. The Labute approximate surface area is 321 Å². The number of carbonyl (C=O) groups excluding carboxylic acids is 3. The third kappa shape index (κ3) is 12.2. The Balaban J connectivity index is 0.000000204. The molecule has 0 aliphatic heterocycles. The number of carbonyl (C=O) groups is 4. The summed E-state index contributed by atoms with van der Waals surface area (Å²) in [4.78, 5) is 47.0.